The van der Waals surface area contributed by atoms with Gasteiger partial charge in [0.15, 0.2) is 0 Å². The molecule has 0 aliphatic heterocycles. The largest absolute Gasteiger partial charge is 0.380 e. The van der Waals surface area contributed by atoms with Crippen LogP contribution in [-0.2, 0) is 11.3 Å². The van der Waals surface area contributed by atoms with Crippen LogP contribution in [0, 0.1) is 6.92 Å². The SMILES string of the molecule is COCc1ccc(C(=O)Nc2cccc(C(=O)Nc3ccccc3)c2C)cc1. The number of nitrogens with one attached hydrogen (secondary N) is 2. The third-order valence-corrected chi connectivity index (χ3v) is 4.39. The van der Waals surface area contributed by atoms with Gasteiger partial charge in [0.05, 0.1) is 6.61 Å². The summed E-state index contributed by atoms with van der Waals surface area (Å²) in [6, 6.07) is 21.8. The van der Waals surface area contributed by atoms with E-state index in [1.165, 1.54) is 0 Å². The van der Waals surface area contributed by atoms with E-state index >= 15 is 0 Å². The molecule has 3 aromatic carbocycles. The molecule has 3 rings (SSSR count). The van der Waals surface area contributed by atoms with Gasteiger partial charge in [0.25, 0.3) is 11.8 Å². The zero-order valence-electron chi connectivity index (χ0n) is 15.9. The smallest absolute Gasteiger partial charge is 0.256 e. The molecule has 2 N–H and O–H groups in total. The minimum atomic E-state index is -0.229. The molecule has 0 aliphatic carbocycles. The van der Waals surface area contributed by atoms with E-state index in [1.807, 2.05) is 49.4 Å². The molecule has 0 radical (unpaired) electrons. The summed E-state index contributed by atoms with van der Waals surface area (Å²) in [5.41, 5.74) is 4.08. The van der Waals surface area contributed by atoms with Gasteiger partial charge < -0.3 is 15.4 Å². The maximum atomic E-state index is 12.6. The third kappa shape index (κ3) is 4.64. The average Bonchev–Trinajstić information content (AvgIpc) is 2.71. The molecule has 0 saturated heterocycles. The van der Waals surface area contributed by atoms with Crippen LogP contribution in [-0.4, -0.2) is 18.9 Å². The highest BCUT2D eigenvalue weighted by atomic mass is 16.5. The number of ether oxygens (including phenoxy) is 1. The molecule has 0 spiro atoms. The van der Waals surface area contributed by atoms with Crippen molar-refractivity contribution in [2.24, 2.45) is 0 Å². The number of carbonyl (C=O) groups is 2. The second-order valence-electron chi connectivity index (χ2n) is 6.38. The Hall–Kier alpha value is -3.44. The summed E-state index contributed by atoms with van der Waals surface area (Å²) in [6.07, 6.45) is 0. The lowest BCUT2D eigenvalue weighted by Crippen LogP contribution is -2.17. The highest BCUT2D eigenvalue weighted by Gasteiger charge is 2.14. The van der Waals surface area contributed by atoms with Gasteiger partial charge in [0.2, 0.25) is 0 Å². The number of hydrogen-bond acceptors (Lipinski definition) is 3. The first kappa shape index (κ1) is 19.3. The molecule has 0 fully saturated rings. The summed E-state index contributed by atoms with van der Waals surface area (Å²) in [4.78, 5) is 25.2. The molecule has 28 heavy (non-hydrogen) atoms. The topological polar surface area (TPSA) is 67.4 Å². The normalized spacial score (nSPS) is 10.4. The van der Waals surface area contributed by atoms with Crippen LogP contribution in [0.5, 0.6) is 0 Å². The van der Waals surface area contributed by atoms with Crippen LogP contribution in [0.15, 0.2) is 72.8 Å². The van der Waals surface area contributed by atoms with Crippen LogP contribution in [0.2, 0.25) is 0 Å². The zero-order valence-corrected chi connectivity index (χ0v) is 15.9. The van der Waals surface area contributed by atoms with Crippen molar-refractivity contribution < 1.29 is 14.3 Å². The monoisotopic (exact) mass is 374 g/mol. The number of rotatable bonds is 6. The van der Waals surface area contributed by atoms with Crippen molar-refractivity contribution in [3.05, 3.63) is 95.1 Å². The molecule has 0 bridgehead atoms. The van der Waals surface area contributed by atoms with Gasteiger partial charge in [-0.2, -0.15) is 0 Å². The second kappa shape index (κ2) is 8.97. The maximum absolute atomic E-state index is 12.6. The lowest BCUT2D eigenvalue weighted by molar-refractivity contribution is 0.101. The third-order valence-electron chi connectivity index (χ3n) is 4.39. The van der Waals surface area contributed by atoms with Crippen molar-refractivity contribution >= 4 is 23.2 Å². The Bertz CT molecular complexity index is 967. The fraction of sp³-hybridized carbons (Fsp3) is 0.130. The fourth-order valence-electron chi connectivity index (χ4n) is 2.85. The molecule has 3 aromatic rings. The fourth-order valence-corrected chi connectivity index (χ4v) is 2.85. The molecule has 0 aromatic heterocycles. The summed E-state index contributed by atoms with van der Waals surface area (Å²) in [7, 11) is 1.63. The van der Waals surface area contributed by atoms with Gasteiger partial charge in [-0.25, -0.2) is 0 Å². The number of amides is 2. The van der Waals surface area contributed by atoms with Crippen LogP contribution in [0.4, 0.5) is 11.4 Å². The number of benzene rings is 3. The summed E-state index contributed by atoms with van der Waals surface area (Å²) < 4.78 is 5.08. The molecular weight excluding hydrogens is 352 g/mol. The Balaban J connectivity index is 1.75. The molecule has 0 saturated carbocycles. The minimum Gasteiger partial charge on any atom is -0.380 e. The molecule has 2 amide bonds. The Morgan fingerprint density at radius 1 is 0.821 bits per heavy atom. The van der Waals surface area contributed by atoms with Crippen LogP contribution in [0.3, 0.4) is 0 Å². The van der Waals surface area contributed by atoms with Crippen LogP contribution in [0.1, 0.15) is 31.8 Å². The van der Waals surface area contributed by atoms with E-state index in [0.717, 1.165) is 11.3 Å². The highest BCUT2D eigenvalue weighted by molar-refractivity contribution is 6.08. The van der Waals surface area contributed by atoms with Crippen molar-refractivity contribution in [3.8, 4) is 0 Å². The number of hydrogen-bond donors (Lipinski definition) is 2. The van der Waals surface area contributed by atoms with Crippen molar-refractivity contribution in [1.82, 2.24) is 0 Å². The molecule has 0 unspecified atom stereocenters. The predicted octanol–water partition coefficient (Wildman–Crippen LogP) is 4.65. The predicted molar refractivity (Wildman–Crippen MR) is 111 cm³/mol. The van der Waals surface area contributed by atoms with Gasteiger partial charge in [-0.3, -0.25) is 9.59 Å². The number of methoxy groups -OCH3 is 1. The Morgan fingerprint density at radius 2 is 1.54 bits per heavy atom. The number of anilines is 2. The first-order valence-corrected chi connectivity index (χ1v) is 8.93. The minimum absolute atomic E-state index is 0.219. The van der Waals surface area contributed by atoms with Crippen molar-refractivity contribution in [1.29, 1.82) is 0 Å². The van der Waals surface area contributed by atoms with E-state index in [1.54, 1.807) is 37.4 Å². The van der Waals surface area contributed by atoms with E-state index in [2.05, 4.69) is 10.6 Å². The molecule has 142 valence electrons. The van der Waals surface area contributed by atoms with E-state index < -0.39 is 0 Å². The molecule has 0 aliphatic rings. The molecule has 5 nitrogen and oxygen atoms in total. The standard InChI is InChI=1S/C23H22N2O3/c1-16-20(23(27)24-19-7-4-3-5-8-19)9-6-10-21(16)25-22(26)18-13-11-17(12-14-18)15-28-2/h3-14H,15H2,1-2H3,(H,24,27)(H,25,26). The number of carbonyl (C=O) groups excluding carboxylic acids is 2. The van der Waals surface area contributed by atoms with E-state index in [-0.39, 0.29) is 11.8 Å². The van der Waals surface area contributed by atoms with Crippen molar-refractivity contribution in [3.63, 3.8) is 0 Å². The first-order chi connectivity index (χ1) is 13.6. The molecule has 5 heteroatoms. The van der Waals surface area contributed by atoms with Gasteiger partial charge in [0, 0.05) is 29.6 Å². The number of para-hydroxylation sites is 1. The van der Waals surface area contributed by atoms with Crippen LogP contribution < -0.4 is 10.6 Å². The van der Waals surface area contributed by atoms with E-state index in [0.29, 0.717) is 29.0 Å². The van der Waals surface area contributed by atoms with E-state index in [4.69, 9.17) is 4.74 Å². The van der Waals surface area contributed by atoms with Crippen molar-refractivity contribution in [2.75, 3.05) is 17.7 Å². The van der Waals surface area contributed by atoms with E-state index in [9.17, 15) is 9.59 Å². The summed E-state index contributed by atoms with van der Waals surface area (Å²) >= 11 is 0. The van der Waals surface area contributed by atoms with Gasteiger partial charge in [-0.1, -0.05) is 36.4 Å². The lowest BCUT2D eigenvalue weighted by atomic mass is 10.1. The summed E-state index contributed by atoms with van der Waals surface area (Å²) in [5, 5.41) is 5.75. The van der Waals surface area contributed by atoms with Crippen LogP contribution in [0.25, 0.3) is 0 Å². The second-order valence-corrected chi connectivity index (χ2v) is 6.38. The molecular formula is C23H22N2O3. The Labute approximate surface area is 164 Å². The van der Waals surface area contributed by atoms with Gasteiger partial charge >= 0.3 is 0 Å². The quantitative estimate of drug-likeness (QED) is 0.660. The average molecular weight is 374 g/mol. The summed E-state index contributed by atoms with van der Waals surface area (Å²) in [6.45, 7) is 2.32. The van der Waals surface area contributed by atoms with Crippen molar-refractivity contribution in [2.45, 2.75) is 13.5 Å². The zero-order chi connectivity index (χ0) is 19.9. The Morgan fingerprint density at radius 3 is 2.21 bits per heavy atom. The summed E-state index contributed by atoms with van der Waals surface area (Å²) in [5.74, 6) is -0.448. The molecule has 0 atom stereocenters. The Kier molecular flexibility index (Phi) is 6.19. The van der Waals surface area contributed by atoms with Gasteiger partial charge in [-0.15, -0.1) is 0 Å². The van der Waals surface area contributed by atoms with Gasteiger partial charge in [0.1, 0.15) is 0 Å². The highest BCUT2D eigenvalue weighted by Crippen LogP contribution is 2.21. The first-order valence-electron chi connectivity index (χ1n) is 8.93. The lowest BCUT2D eigenvalue weighted by Gasteiger charge is -2.13. The maximum Gasteiger partial charge on any atom is 0.256 e. The van der Waals surface area contributed by atoms with Crippen LogP contribution >= 0.6 is 0 Å². The van der Waals surface area contributed by atoms with Gasteiger partial charge in [-0.05, 0) is 54.4 Å². The molecule has 0 heterocycles.